The van der Waals surface area contributed by atoms with E-state index in [4.69, 9.17) is 0 Å². The van der Waals surface area contributed by atoms with Gasteiger partial charge in [0.15, 0.2) is 5.65 Å². The highest BCUT2D eigenvalue weighted by molar-refractivity contribution is 5.87. The molecule has 0 unspecified atom stereocenters. The quantitative estimate of drug-likeness (QED) is 0.614. The minimum atomic E-state index is -0.0537. The number of aliphatic hydroxyl groups is 1. The van der Waals surface area contributed by atoms with Crippen LogP contribution in [0.15, 0.2) is 6.20 Å². The van der Waals surface area contributed by atoms with Gasteiger partial charge in [0.05, 0.1) is 24.2 Å². The van der Waals surface area contributed by atoms with E-state index in [0.717, 1.165) is 18.4 Å². The third-order valence-electron chi connectivity index (χ3n) is 3.17. The molecule has 4 N–H and O–H groups in total. The van der Waals surface area contributed by atoms with E-state index in [1.807, 2.05) is 0 Å². The van der Waals surface area contributed by atoms with Crippen LogP contribution in [-0.2, 0) is 0 Å². The van der Waals surface area contributed by atoms with Gasteiger partial charge in [-0.25, -0.2) is 0 Å². The number of aliphatic hydroxyl groups excluding tert-OH is 1. The van der Waals surface area contributed by atoms with Gasteiger partial charge in [0.25, 0.3) is 0 Å². The molecular formula is C13H22N6O. The summed E-state index contributed by atoms with van der Waals surface area (Å²) in [5.41, 5.74) is 0.682. The average molecular weight is 278 g/mol. The first-order valence-electron chi connectivity index (χ1n) is 6.98. The number of nitrogens with zero attached hydrogens (tertiary/aromatic N) is 3. The topological polar surface area (TPSA) is 98.8 Å². The summed E-state index contributed by atoms with van der Waals surface area (Å²) in [6.07, 6.45) is 2.69. The fourth-order valence-corrected chi connectivity index (χ4v) is 1.86. The number of aromatic nitrogens is 4. The highest BCUT2D eigenvalue weighted by atomic mass is 16.3. The number of rotatable bonds is 7. The zero-order chi connectivity index (χ0) is 14.5. The van der Waals surface area contributed by atoms with Gasteiger partial charge in [0.2, 0.25) is 5.95 Å². The Bertz CT molecular complexity index is 553. The first-order chi connectivity index (χ1) is 9.65. The lowest BCUT2D eigenvalue weighted by Gasteiger charge is -2.21. The lowest BCUT2D eigenvalue weighted by atomic mass is 10.1. The first kappa shape index (κ1) is 14.5. The predicted octanol–water partition coefficient (Wildman–Crippen LogP) is 1.60. The fraction of sp³-hybridized carbons (Fsp3) is 0.615. The molecule has 2 aromatic heterocycles. The summed E-state index contributed by atoms with van der Waals surface area (Å²) >= 11 is 0. The molecule has 0 spiro atoms. The molecule has 0 bridgehead atoms. The normalized spacial score (nSPS) is 12.8. The molecule has 0 aromatic carbocycles. The molecule has 7 heteroatoms. The molecule has 0 radical (unpaired) electrons. The van der Waals surface area contributed by atoms with Crippen molar-refractivity contribution in [2.45, 2.75) is 33.2 Å². The van der Waals surface area contributed by atoms with Crippen LogP contribution >= 0.6 is 0 Å². The van der Waals surface area contributed by atoms with Gasteiger partial charge < -0.3 is 15.7 Å². The van der Waals surface area contributed by atoms with Gasteiger partial charge in [-0.3, -0.25) is 5.10 Å². The van der Waals surface area contributed by atoms with Crippen LogP contribution in [0.4, 0.5) is 11.8 Å². The number of hydrogen-bond donors (Lipinski definition) is 4. The van der Waals surface area contributed by atoms with Crippen molar-refractivity contribution in [1.29, 1.82) is 0 Å². The van der Waals surface area contributed by atoms with Crippen LogP contribution in [0.25, 0.3) is 11.0 Å². The zero-order valence-corrected chi connectivity index (χ0v) is 12.1. The molecule has 2 rings (SSSR count). The van der Waals surface area contributed by atoms with Gasteiger partial charge in [0.1, 0.15) is 5.82 Å². The standard InChI is InChI=1S/C13H22N6O/c1-4-5-14-13-17-11(16-10(7-20)8(2)3)9-6-15-19-12(9)18-13/h6,8,10,20H,4-5,7H2,1-3H3,(H3,14,15,16,17,18,19)/t10-/m1/s1. The molecule has 0 aliphatic rings. The van der Waals surface area contributed by atoms with Crippen LogP contribution in [0, 0.1) is 5.92 Å². The smallest absolute Gasteiger partial charge is 0.226 e. The lowest BCUT2D eigenvalue weighted by Crippen LogP contribution is -2.30. The molecule has 2 aromatic rings. The monoisotopic (exact) mass is 278 g/mol. The number of anilines is 2. The van der Waals surface area contributed by atoms with E-state index in [9.17, 15) is 5.11 Å². The van der Waals surface area contributed by atoms with Crippen molar-refractivity contribution < 1.29 is 5.11 Å². The lowest BCUT2D eigenvalue weighted by molar-refractivity contribution is 0.249. The molecular weight excluding hydrogens is 256 g/mol. The molecule has 7 nitrogen and oxygen atoms in total. The minimum absolute atomic E-state index is 0.0537. The Labute approximate surface area is 118 Å². The fourth-order valence-electron chi connectivity index (χ4n) is 1.86. The Kier molecular flexibility index (Phi) is 4.73. The molecule has 0 saturated heterocycles. The van der Waals surface area contributed by atoms with E-state index in [-0.39, 0.29) is 12.6 Å². The molecule has 2 heterocycles. The van der Waals surface area contributed by atoms with Crippen LogP contribution in [0.5, 0.6) is 0 Å². The zero-order valence-electron chi connectivity index (χ0n) is 12.1. The van der Waals surface area contributed by atoms with Crippen molar-refractivity contribution in [3.8, 4) is 0 Å². The molecule has 0 fully saturated rings. The van der Waals surface area contributed by atoms with E-state index < -0.39 is 0 Å². The van der Waals surface area contributed by atoms with E-state index in [0.29, 0.717) is 23.3 Å². The maximum Gasteiger partial charge on any atom is 0.226 e. The van der Waals surface area contributed by atoms with Crippen LogP contribution in [0.1, 0.15) is 27.2 Å². The van der Waals surface area contributed by atoms with Crippen molar-refractivity contribution in [3.63, 3.8) is 0 Å². The second kappa shape index (κ2) is 6.51. The van der Waals surface area contributed by atoms with Crippen molar-refractivity contribution in [2.75, 3.05) is 23.8 Å². The van der Waals surface area contributed by atoms with Crippen molar-refractivity contribution in [1.82, 2.24) is 20.2 Å². The van der Waals surface area contributed by atoms with E-state index >= 15 is 0 Å². The second-order valence-corrected chi connectivity index (χ2v) is 5.13. The Morgan fingerprint density at radius 1 is 1.35 bits per heavy atom. The van der Waals surface area contributed by atoms with Crippen LogP contribution in [0.2, 0.25) is 0 Å². The highest BCUT2D eigenvalue weighted by Gasteiger charge is 2.16. The third-order valence-corrected chi connectivity index (χ3v) is 3.17. The third kappa shape index (κ3) is 3.16. The molecule has 110 valence electrons. The van der Waals surface area contributed by atoms with Gasteiger partial charge >= 0.3 is 0 Å². The number of fused-ring (bicyclic) bond motifs is 1. The Morgan fingerprint density at radius 3 is 2.80 bits per heavy atom. The molecule has 20 heavy (non-hydrogen) atoms. The van der Waals surface area contributed by atoms with Gasteiger partial charge in [0, 0.05) is 6.54 Å². The van der Waals surface area contributed by atoms with Gasteiger partial charge in [-0.2, -0.15) is 15.1 Å². The molecule has 1 atom stereocenters. The average Bonchev–Trinajstić information content (AvgIpc) is 2.90. The largest absolute Gasteiger partial charge is 0.394 e. The summed E-state index contributed by atoms with van der Waals surface area (Å²) < 4.78 is 0. The van der Waals surface area contributed by atoms with Gasteiger partial charge in [-0.05, 0) is 12.3 Å². The van der Waals surface area contributed by atoms with Crippen molar-refractivity contribution >= 4 is 22.8 Å². The predicted molar refractivity (Wildman–Crippen MR) is 79.8 cm³/mol. The second-order valence-electron chi connectivity index (χ2n) is 5.13. The van der Waals surface area contributed by atoms with Crippen LogP contribution in [-0.4, -0.2) is 44.5 Å². The Morgan fingerprint density at radius 2 is 2.15 bits per heavy atom. The molecule has 0 aliphatic heterocycles. The number of hydrogen-bond acceptors (Lipinski definition) is 6. The summed E-state index contributed by atoms with van der Waals surface area (Å²) in [5.74, 6) is 1.55. The van der Waals surface area contributed by atoms with Crippen LogP contribution < -0.4 is 10.6 Å². The summed E-state index contributed by atoms with van der Waals surface area (Å²) in [7, 11) is 0. The van der Waals surface area contributed by atoms with Crippen molar-refractivity contribution in [2.24, 2.45) is 5.92 Å². The Balaban J connectivity index is 2.31. The van der Waals surface area contributed by atoms with Crippen molar-refractivity contribution in [3.05, 3.63) is 6.20 Å². The highest BCUT2D eigenvalue weighted by Crippen LogP contribution is 2.21. The summed E-state index contributed by atoms with van der Waals surface area (Å²) in [5, 5.41) is 23.6. The van der Waals surface area contributed by atoms with E-state index in [1.165, 1.54) is 0 Å². The number of H-pyrrole nitrogens is 1. The Hall–Kier alpha value is -1.89. The first-order valence-corrected chi connectivity index (χ1v) is 6.98. The molecule has 0 amide bonds. The minimum Gasteiger partial charge on any atom is -0.394 e. The summed E-state index contributed by atoms with van der Waals surface area (Å²) in [6.45, 7) is 7.06. The molecule has 0 saturated carbocycles. The number of aromatic amines is 1. The SMILES string of the molecule is CCCNc1nc(N[C@H](CO)C(C)C)c2cn[nH]c2n1. The van der Waals surface area contributed by atoms with Gasteiger partial charge in [-0.15, -0.1) is 0 Å². The molecule has 0 aliphatic carbocycles. The summed E-state index contributed by atoms with van der Waals surface area (Å²) in [4.78, 5) is 8.84. The van der Waals surface area contributed by atoms with Crippen LogP contribution in [0.3, 0.4) is 0 Å². The summed E-state index contributed by atoms with van der Waals surface area (Å²) in [6, 6.07) is -0.0537. The maximum absolute atomic E-state index is 9.45. The number of nitrogens with one attached hydrogen (secondary N) is 3. The van der Waals surface area contributed by atoms with E-state index in [1.54, 1.807) is 6.20 Å². The maximum atomic E-state index is 9.45. The van der Waals surface area contributed by atoms with E-state index in [2.05, 4.69) is 51.6 Å². The van der Waals surface area contributed by atoms with Gasteiger partial charge in [-0.1, -0.05) is 20.8 Å².